The first-order valence-corrected chi connectivity index (χ1v) is 7.98. The van der Waals surface area contributed by atoms with Gasteiger partial charge in [-0.2, -0.15) is 0 Å². The van der Waals surface area contributed by atoms with Gasteiger partial charge in [-0.3, -0.25) is 9.78 Å². The standard InChI is InChI=1S/C17H19ClN4O/c18-13-2-1-3-16(10-13)21-6-8-22(9-7-21)17(23)11-15-5-4-14(19)12-20-15/h1-5,10,12H,6-9,11,19H2. The Balaban J connectivity index is 1.56. The van der Waals surface area contributed by atoms with Crippen LogP contribution >= 0.6 is 11.6 Å². The van der Waals surface area contributed by atoms with Crippen LogP contribution in [0.25, 0.3) is 0 Å². The Labute approximate surface area is 140 Å². The first kappa shape index (κ1) is 15.6. The molecule has 1 aliphatic heterocycles. The van der Waals surface area contributed by atoms with E-state index in [-0.39, 0.29) is 5.91 Å². The molecule has 6 heteroatoms. The van der Waals surface area contributed by atoms with E-state index in [1.165, 1.54) is 0 Å². The highest BCUT2D eigenvalue weighted by Gasteiger charge is 2.21. The van der Waals surface area contributed by atoms with Gasteiger partial charge in [0.2, 0.25) is 5.91 Å². The molecule has 0 saturated carbocycles. The zero-order chi connectivity index (χ0) is 16.2. The molecular weight excluding hydrogens is 312 g/mol. The van der Waals surface area contributed by atoms with E-state index in [0.29, 0.717) is 25.2 Å². The first-order valence-electron chi connectivity index (χ1n) is 7.60. The van der Waals surface area contributed by atoms with E-state index in [4.69, 9.17) is 17.3 Å². The predicted molar refractivity (Wildman–Crippen MR) is 92.6 cm³/mol. The fourth-order valence-electron chi connectivity index (χ4n) is 2.69. The Morgan fingerprint density at radius 3 is 2.61 bits per heavy atom. The molecule has 0 aliphatic carbocycles. The van der Waals surface area contributed by atoms with E-state index in [1.807, 2.05) is 29.2 Å². The first-order chi connectivity index (χ1) is 11.1. The van der Waals surface area contributed by atoms with Crippen LogP contribution in [0.1, 0.15) is 5.69 Å². The number of nitrogens with zero attached hydrogens (tertiary/aromatic N) is 3. The van der Waals surface area contributed by atoms with Crippen LogP contribution < -0.4 is 10.6 Å². The van der Waals surface area contributed by atoms with Gasteiger partial charge in [-0.05, 0) is 30.3 Å². The number of hydrogen-bond acceptors (Lipinski definition) is 4. The zero-order valence-corrected chi connectivity index (χ0v) is 13.5. The molecule has 3 rings (SSSR count). The van der Waals surface area contributed by atoms with Crippen molar-refractivity contribution in [2.45, 2.75) is 6.42 Å². The number of amides is 1. The highest BCUT2D eigenvalue weighted by atomic mass is 35.5. The molecule has 0 atom stereocenters. The number of halogens is 1. The molecule has 2 heterocycles. The van der Waals surface area contributed by atoms with E-state index in [1.54, 1.807) is 18.3 Å². The van der Waals surface area contributed by atoms with Crippen LogP contribution in [0.5, 0.6) is 0 Å². The summed E-state index contributed by atoms with van der Waals surface area (Å²) < 4.78 is 0. The monoisotopic (exact) mass is 330 g/mol. The van der Waals surface area contributed by atoms with Crippen molar-refractivity contribution in [1.82, 2.24) is 9.88 Å². The number of carbonyl (C=O) groups is 1. The van der Waals surface area contributed by atoms with Crippen molar-refractivity contribution in [3.05, 3.63) is 53.3 Å². The van der Waals surface area contributed by atoms with E-state index >= 15 is 0 Å². The summed E-state index contributed by atoms with van der Waals surface area (Å²) in [7, 11) is 0. The molecule has 1 aromatic carbocycles. The van der Waals surface area contributed by atoms with Crippen LogP contribution in [-0.4, -0.2) is 42.0 Å². The average molecular weight is 331 g/mol. The maximum Gasteiger partial charge on any atom is 0.228 e. The largest absolute Gasteiger partial charge is 0.397 e. The Kier molecular flexibility index (Phi) is 4.67. The molecule has 0 radical (unpaired) electrons. The lowest BCUT2D eigenvalue weighted by Crippen LogP contribution is -2.49. The van der Waals surface area contributed by atoms with Crippen molar-refractivity contribution < 1.29 is 4.79 Å². The molecule has 2 aromatic rings. The van der Waals surface area contributed by atoms with Gasteiger partial charge in [-0.1, -0.05) is 17.7 Å². The molecule has 120 valence electrons. The Morgan fingerprint density at radius 2 is 1.96 bits per heavy atom. The van der Waals surface area contributed by atoms with Gasteiger partial charge in [0.15, 0.2) is 0 Å². The van der Waals surface area contributed by atoms with Gasteiger partial charge in [0.1, 0.15) is 0 Å². The number of benzene rings is 1. The van der Waals surface area contributed by atoms with E-state index in [2.05, 4.69) is 9.88 Å². The second-order valence-electron chi connectivity index (χ2n) is 5.61. The molecule has 1 saturated heterocycles. The molecule has 5 nitrogen and oxygen atoms in total. The number of nitrogen functional groups attached to an aromatic ring is 1. The quantitative estimate of drug-likeness (QED) is 0.937. The summed E-state index contributed by atoms with van der Waals surface area (Å²) in [6.45, 7) is 3.03. The third-order valence-electron chi connectivity index (χ3n) is 3.99. The van der Waals surface area contributed by atoms with E-state index in [0.717, 1.165) is 29.5 Å². The minimum atomic E-state index is 0.105. The molecule has 0 bridgehead atoms. The summed E-state index contributed by atoms with van der Waals surface area (Å²) in [6, 6.07) is 11.4. The molecule has 1 aliphatic rings. The van der Waals surface area contributed by atoms with Crippen LogP contribution in [0.15, 0.2) is 42.6 Å². The van der Waals surface area contributed by atoms with Crippen LogP contribution in [-0.2, 0) is 11.2 Å². The highest BCUT2D eigenvalue weighted by Crippen LogP contribution is 2.21. The van der Waals surface area contributed by atoms with Gasteiger partial charge in [0.25, 0.3) is 0 Å². The van der Waals surface area contributed by atoms with E-state index in [9.17, 15) is 4.79 Å². The number of rotatable bonds is 3. The van der Waals surface area contributed by atoms with Gasteiger partial charge in [0, 0.05) is 42.6 Å². The molecule has 1 aromatic heterocycles. The third-order valence-corrected chi connectivity index (χ3v) is 4.22. The minimum absolute atomic E-state index is 0.105. The van der Waals surface area contributed by atoms with E-state index < -0.39 is 0 Å². The Morgan fingerprint density at radius 1 is 1.17 bits per heavy atom. The summed E-state index contributed by atoms with van der Waals surface area (Å²) in [6.07, 6.45) is 1.90. The number of aromatic nitrogens is 1. The topological polar surface area (TPSA) is 62.5 Å². The van der Waals surface area contributed by atoms with Crippen LogP contribution in [0, 0.1) is 0 Å². The molecule has 0 spiro atoms. The highest BCUT2D eigenvalue weighted by molar-refractivity contribution is 6.30. The maximum atomic E-state index is 12.4. The summed E-state index contributed by atoms with van der Waals surface area (Å²) >= 11 is 6.04. The normalized spacial score (nSPS) is 14.8. The summed E-state index contributed by atoms with van der Waals surface area (Å²) in [5, 5.41) is 0.732. The van der Waals surface area contributed by atoms with Crippen molar-refractivity contribution in [1.29, 1.82) is 0 Å². The second-order valence-corrected chi connectivity index (χ2v) is 6.04. The van der Waals surface area contributed by atoms with Crippen LogP contribution in [0.3, 0.4) is 0 Å². The molecule has 23 heavy (non-hydrogen) atoms. The van der Waals surface area contributed by atoms with Gasteiger partial charge < -0.3 is 15.5 Å². The second kappa shape index (κ2) is 6.87. The molecule has 1 fully saturated rings. The molecule has 1 amide bonds. The van der Waals surface area contributed by atoms with Crippen molar-refractivity contribution in [2.24, 2.45) is 0 Å². The van der Waals surface area contributed by atoms with Gasteiger partial charge in [-0.15, -0.1) is 0 Å². The lowest BCUT2D eigenvalue weighted by atomic mass is 10.2. The van der Waals surface area contributed by atoms with Gasteiger partial charge in [0.05, 0.1) is 18.3 Å². The summed E-state index contributed by atoms with van der Waals surface area (Å²) in [4.78, 5) is 20.7. The fourth-order valence-corrected chi connectivity index (χ4v) is 2.88. The van der Waals surface area contributed by atoms with Crippen LogP contribution in [0.4, 0.5) is 11.4 Å². The van der Waals surface area contributed by atoms with Crippen molar-refractivity contribution in [3.63, 3.8) is 0 Å². The lowest BCUT2D eigenvalue weighted by molar-refractivity contribution is -0.130. The van der Waals surface area contributed by atoms with Crippen LogP contribution in [0.2, 0.25) is 5.02 Å². The molecule has 0 unspecified atom stereocenters. The lowest BCUT2D eigenvalue weighted by Gasteiger charge is -2.36. The number of anilines is 2. The number of carbonyl (C=O) groups excluding carboxylic acids is 1. The smallest absolute Gasteiger partial charge is 0.228 e. The SMILES string of the molecule is Nc1ccc(CC(=O)N2CCN(c3cccc(Cl)c3)CC2)nc1. The zero-order valence-electron chi connectivity index (χ0n) is 12.8. The van der Waals surface area contributed by atoms with Gasteiger partial charge >= 0.3 is 0 Å². The van der Waals surface area contributed by atoms with Crippen molar-refractivity contribution in [3.8, 4) is 0 Å². The predicted octanol–water partition coefficient (Wildman–Crippen LogP) is 2.21. The van der Waals surface area contributed by atoms with Crippen molar-refractivity contribution in [2.75, 3.05) is 36.8 Å². The molecule has 2 N–H and O–H groups in total. The number of nitrogens with two attached hydrogens (primary N) is 1. The Hall–Kier alpha value is -2.27. The number of pyridine rings is 1. The van der Waals surface area contributed by atoms with Gasteiger partial charge in [-0.25, -0.2) is 0 Å². The maximum absolute atomic E-state index is 12.4. The average Bonchev–Trinajstić information content (AvgIpc) is 2.57. The number of hydrogen-bond donors (Lipinski definition) is 1. The summed E-state index contributed by atoms with van der Waals surface area (Å²) in [5.41, 5.74) is 8.07. The minimum Gasteiger partial charge on any atom is -0.397 e. The molecular formula is C17H19ClN4O. The third kappa shape index (κ3) is 3.93. The fraction of sp³-hybridized carbons (Fsp3) is 0.294. The summed E-state index contributed by atoms with van der Waals surface area (Å²) in [5.74, 6) is 0.105. The van der Waals surface area contributed by atoms with Crippen molar-refractivity contribution >= 4 is 28.9 Å². The Bertz CT molecular complexity index is 681. The number of piperazine rings is 1.